The first-order chi connectivity index (χ1) is 15.2. The molecule has 0 atom stereocenters. The SMILES string of the molecule is O=C1c2cc(-c3cnccc3F)ccc2CN1c1cccc(-c2nncn2C2CC2)n1. The number of hydrogen-bond donors (Lipinski definition) is 0. The molecule has 6 rings (SSSR count). The van der Waals surface area contributed by atoms with E-state index in [2.05, 4.69) is 15.2 Å². The van der Waals surface area contributed by atoms with Gasteiger partial charge < -0.3 is 4.57 Å². The van der Waals surface area contributed by atoms with Gasteiger partial charge in [-0.15, -0.1) is 10.2 Å². The molecule has 0 saturated heterocycles. The third-order valence-electron chi connectivity index (χ3n) is 5.75. The van der Waals surface area contributed by atoms with E-state index in [-0.39, 0.29) is 11.7 Å². The first-order valence-electron chi connectivity index (χ1n) is 10.1. The van der Waals surface area contributed by atoms with Crippen LogP contribution in [0.2, 0.25) is 0 Å². The van der Waals surface area contributed by atoms with E-state index in [0.717, 1.165) is 18.4 Å². The number of fused-ring (bicyclic) bond motifs is 1. The van der Waals surface area contributed by atoms with Gasteiger partial charge in [0.2, 0.25) is 0 Å². The van der Waals surface area contributed by atoms with Crippen molar-refractivity contribution >= 4 is 11.7 Å². The Morgan fingerprint density at radius 1 is 1.06 bits per heavy atom. The summed E-state index contributed by atoms with van der Waals surface area (Å²) in [6.07, 6.45) is 6.84. The zero-order valence-electron chi connectivity index (χ0n) is 16.4. The van der Waals surface area contributed by atoms with Crippen molar-refractivity contribution in [2.24, 2.45) is 0 Å². The fourth-order valence-electron chi connectivity index (χ4n) is 3.99. The van der Waals surface area contributed by atoms with Gasteiger partial charge in [-0.3, -0.25) is 14.7 Å². The van der Waals surface area contributed by atoms with Crippen molar-refractivity contribution in [3.05, 3.63) is 78.1 Å². The first kappa shape index (κ1) is 17.9. The number of anilines is 1. The minimum absolute atomic E-state index is 0.158. The lowest BCUT2D eigenvalue weighted by Gasteiger charge is -2.15. The van der Waals surface area contributed by atoms with Crippen LogP contribution in [0.3, 0.4) is 0 Å². The van der Waals surface area contributed by atoms with Crippen molar-refractivity contribution in [1.82, 2.24) is 24.7 Å². The van der Waals surface area contributed by atoms with E-state index < -0.39 is 0 Å². The maximum absolute atomic E-state index is 14.2. The zero-order chi connectivity index (χ0) is 20.9. The normalized spacial score (nSPS) is 15.4. The highest BCUT2D eigenvalue weighted by Crippen LogP contribution is 2.38. The lowest BCUT2D eigenvalue weighted by atomic mass is 10.0. The smallest absolute Gasteiger partial charge is 0.260 e. The second kappa shape index (κ2) is 6.80. The molecule has 4 heterocycles. The Bertz CT molecular complexity index is 1330. The Balaban J connectivity index is 1.34. The highest BCUT2D eigenvalue weighted by molar-refractivity contribution is 6.10. The van der Waals surface area contributed by atoms with Gasteiger partial charge in [-0.05, 0) is 48.2 Å². The number of halogens is 1. The highest BCUT2D eigenvalue weighted by Gasteiger charge is 2.31. The summed E-state index contributed by atoms with van der Waals surface area (Å²) in [5.74, 6) is 0.738. The van der Waals surface area contributed by atoms with Gasteiger partial charge in [0, 0.05) is 29.6 Å². The molecule has 0 N–H and O–H groups in total. The van der Waals surface area contributed by atoms with Crippen LogP contribution in [0.15, 0.2) is 61.2 Å². The maximum Gasteiger partial charge on any atom is 0.260 e. The molecule has 31 heavy (non-hydrogen) atoms. The molecule has 3 aromatic heterocycles. The van der Waals surface area contributed by atoms with Crippen LogP contribution in [0.5, 0.6) is 0 Å². The molecule has 152 valence electrons. The largest absolute Gasteiger partial charge is 0.309 e. The number of hydrogen-bond acceptors (Lipinski definition) is 5. The molecule has 2 aliphatic rings. The minimum atomic E-state index is -0.369. The molecule has 0 bridgehead atoms. The van der Waals surface area contributed by atoms with Crippen LogP contribution in [-0.4, -0.2) is 30.6 Å². The summed E-state index contributed by atoms with van der Waals surface area (Å²) in [6.45, 7) is 0.412. The van der Waals surface area contributed by atoms with Gasteiger partial charge in [0.25, 0.3) is 5.91 Å². The van der Waals surface area contributed by atoms with Crippen molar-refractivity contribution < 1.29 is 9.18 Å². The van der Waals surface area contributed by atoms with Gasteiger partial charge in [-0.25, -0.2) is 9.37 Å². The molecule has 1 amide bonds. The van der Waals surface area contributed by atoms with Crippen LogP contribution in [-0.2, 0) is 6.54 Å². The van der Waals surface area contributed by atoms with Gasteiger partial charge >= 0.3 is 0 Å². The van der Waals surface area contributed by atoms with E-state index in [1.54, 1.807) is 17.3 Å². The van der Waals surface area contributed by atoms with Crippen molar-refractivity contribution in [2.45, 2.75) is 25.4 Å². The van der Waals surface area contributed by atoms with Gasteiger partial charge in [0.1, 0.15) is 23.7 Å². The summed E-state index contributed by atoms with van der Waals surface area (Å²) in [6, 6.07) is 12.7. The van der Waals surface area contributed by atoms with E-state index in [1.807, 2.05) is 34.9 Å². The van der Waals surface area contributed by atoms with E-state index >= 15 is 0 Å². The first-order valence-corrected chi connectivity index (χ1v) is 10.1. The molecule has 7 nitrogen and oxygen atoms in total. The van der Waals surface area contributed by atoms with Crippen LogP contribution in [0.4, 0.5) is 10.2 Å². The van der Waals surface area contributed by atoms with E-state index in [9.17, 15) is 9.18 Å². The number of rotatable bonds is 4. The Morgan fingerprint density at radius 2 is 1.97 bits per heavy atom. The van der Waals surface area contributed by atoms with Gasteiger partial charge in [0.05, 0.1) is 6.54 Å². The molecular weight excluding hydrogens is 395 g/mol. The van der Waals surface area contributed by atoms with Crippen LogP contribution < -0.4 is 4.90 Å². The van der Waals surface area contributed by atoms with Crippen molar-refractivity contribution in [3.63, 3.8) is 0 Å². The molecule has 0 radical (unpaired) electrons. The van der Waals surface area contributed by atoms with Crippen molar-refractivity contribution in [2.75, 3.05) is 4.90 Å². The number of benzene rings is 1. The number of nitrogens with zero attached hydrogens (tertiary/aromatic N) is 6. The molecule has 1 saturated carbocycles. The molecule has 0 spiro atoms. The lowest BCUT2D eigenvalue weighted by molar-refractivity contribution is 0.0996. The Labute approximate surface area is 177 Å². The monoisotopic (exact) mass is 412 g/mol. The van der Waals surface area contributed by atoms with Crippen LogP contribution >= 0.6 is 0 Å². The maximum atomic E-state index is 14.2. The average molecular weight is 412 g/mol. The van der Waals surface area contributed by atoms with Crippen LogP contribution in [0, 0.1) is 5.82 Å². The van der Waals surface area contributed by atoms with Gasteiger partial charge in [0.15, 0.2) is 5.82 Å². The lowest BCUT2D eigenvalue weighted by Crippen LogP contribution is -2.24. The number of aromatic nitrogens is 5. The molecule has 4 aromatic rings. The summed E-state index contributed by atoms with van der Waals surface area (Å²) in [7, 11) is 0. The van der Waals surface area contributed by atoms with Crippen molar-refractivity contribution in [1.29, 1.82) is 0 Å². The molecule has 0 unspecified atom stereocenters. The van der Waals surface area contributed by atoms with E-state index in [4.69, 9.17) is 4.98 Å². The summed E-state index contributed by atoms with van der Waals surface area (Å²) in [5, 5.41) is 8.27. The highest BCUT2D eigenvalue weighted by atomic mass is 19.1. The summed E-state index contributed by atoms with van der Waals surface area (Å²) < 4.78 is 16.2. The molecule has 1 aromatic carbocycles. The van der Waals surface area contributed by atoms with Crippen LogP contribution in [0.25, 0.3) is 22.6 Å². The van der Waals surface area contributed by atoms with Gasteiger partial charge in [-0.2, -0.15) is 0 Å². The Morgan fingerprint density at radius 3 is 2.81 bits per heavy atom. The number of pyridine rings is 2. The fraction of sp³-hybridized carbons (Fsp3) is 0.174. The zero-order valence-corrected chi connectivity index (χ0v) is 16.4. The van der Waals surface area contributed by atoms with E-state index in [0.29, 0.717) is 46.6 Å². The second-order valence-corrected chi connectivity index (χ2v) is 7.79. The molecule has 1 aliphatic carbocycles. The Hall–Kier alpha value is -3.94. The third kappa shape index (κ3) is 2.99. The summed E-state index contributed by atoms with van der Waals surface area (Å²) in [4.78, 5) is 23.5. The van der Waals surface area contributed by atoms with Gasteiger partial charge in [-0.1, -0.05) is 18.2 Å². The standard InChI is InChI=1S/C23H17FN6O/c24-19-8-9-25-11-18(19)14-4-5-15-12-29(23(31)17(15)10-14)21-3-1-2-20(27-21)22-28-26-13-30(22)16-6-7-16/h1-5,8-11,13,16H,6-7,12H2. The quantitative estimate of drug-likeness (QED) is 0.506. The summed E-state index contributed by atoms with van der Waals surface area (Å²) >= 11 is 0. The molecule has 1 aliphatic heterocycles. The fourth-order valence-corrected chi connectivity index (χ4v) is 3.99. The topological polar surface area (TPSA) is 76.8 Å². The Kier molecular flexibility index (Phi) is 3.92. The van der Waals surface area contributed by atoms with Crippen LogP contribution in [0.1, 0.15) is 34.8 Å². The predicted octanol–water partition coefficient (Wildman–Crippen LogP) is 4.04. The van der Waals surface area contributed by atoms with E-state index in [1.165, 1.54) is 18.5 Å². The average Bonchev–Trinajstić information content (AvgIpc) is 3.43. The predicted molar refractivity (Wildman–Crippen MR) is 112 cm³/mol. The number of carbonyl (C=O) groups excluding carboxylic acids is 1. The molecule has 1 fully saturated rings. The minimum Gasteiger partial charge on any atom is -0.309 e. The second-order valence-electron chi connectivity index (χ2n) is 7.79. The number of carbonyl (C=O) groups is 1. The third-order valence-corrected chi connectivity index (χ3v) is 5.75. The molecular formula is C23H17FN6O. The summed E-state index contributed by atoms with van der Waals surface area (Å²) in [5.41, 5.74) is 3.11. The van der Waals surface area contributed by atoms with Crippen molar-refractivity contribution in [3.8, 4) is 22.6 Å². The molecule has 8 heteroatoms. The number of amides is 1.